The van der Waals surface area contributed by atoms with E-state index in [0.717, 1.165) is 32.1 Å². The summed E-state index contributed by atoms with van der Waals surface area (Å²) >= 11 is 0. The van der Waals surface area contributed by atoms with Crippen LogP contribution >= 0.6 is 7.82 Å². The quantitative estimate of drug-likeness (QED) is 0.0367. The molecule has 0 aliphatic carbocycles. The number of carbonyl (C=O) groups excluding carboxylic acids is 1. The molecule has 2 atom stereocenters. The number of phosphoric acid groups is 1. The highest BCUT2D eigenvalue weighted by Gasteiger charge is 2.25. The van der Waals surface area contributed by atoms with Crippen LogP contribution in [-0.4, -0.2) is 49.9 Å². The lowest BCUT2D eigenvalue weighted by atomic mass is 10.0. The van der Waals surface area contributed by atoms with Gasteiger partial charge in [0.1, 0.15) is 6.10 Å². The molecule has 0 radical (unpaired) electrons. The minimum atomic E-state index is -4.26. The van der Waals surface area contributed by atoms with E-state index in [1.165, 1.54) is 154 Å². The van der Waals surface area contributed by atoms with Crippen molar-refractivity contribution in [3.8, 4) is 0 Å². The molecule has 0 aliphatic rings. The van der Waals surface area contributed by atoms with E-state index in [4.69, 9.17) is 24.3 Å². The minimum absolute atomic E-state index is 0.0902. The van der Waals surface area contributed by atoms with E-state index in [1.807, 2.05) is 0 Å². The summed E-state index contributed by atoms with van der Waals surface area (Å²) in [5, 5.41) is 0. The fourth-order valence-corrected chi connectivity index (χ4v) is 6.76. The van der Waals surface area contributed by atoms with E-state index >= 15 is 0 Å². The molecule has 0 amide bonds. The molecule has 0 spiro atoms. The number of hydrogen-bond donors (Lipinski definition) is 2. The highest BCUT2D eigenvalue weighted by molar-refractivity contribution is 7.47. The average Bonchev–Trinajstić information content (AvgIpc) is 3.07. The van der Waals surface area contributed by atoms with Crippen LogP contribution in [0.3, 0.4) is 0 Å². The van der Waals surface area contributed by atoms with Crippen molar-refractivity contribution in [3.05, 3.63) is 0 Å². The Labute approximate surface area is 297 Å². The van der Waals surface area contributed by atoms with E-state index in [1.54, 1.807) is 0 Å². The molecule has 0 saturated carbocycles. The standard InChI is InChI=1S/C39H80NO7P/c1-3-5-7-9-11-13-15-17-18-19-21-23-25-27-29-31-34-44-36-38(37-46-48(42,43)45-35-33-40)47-39(41)32-30-28-26-24-22-20-16-14-12-10-8-6-4-2/h38H,3-37,40H2,1-2H3,(H,42,43). The van der Waals surface area contributed by atoms with Gasteiger partial charge in [-0.05, 0) is 12.8 Å². The van der Waals surface area contributed by atoms with Gasteiger partial charge in [0.05, 0.1) is 19.8 Å². The zero-order valence-corrected chi connectivity index (χ0v) is 32.6. The van der Waals surface area contributed by atoms with Crippen LogP contribution in [0.15, 0.2) is 0 Å². The van der Waals surface area contributed by atoms with Gasteiger partial charge >= 0.3 is 13.8 Å². The summed E-state index contributed by atoms with van der Waals surface area (Å²) in [4.78, 5) is 22.4. The molecule has 0 heterocycles. The first-order chi connectivity index (χ1) is 23.4. The van der Waals surface area contributed by atoms with Gasteiger partial charge in [-0.25, -0.2) is 4.57 Å². The van der Waals surface area contributed by atoms with Crippen LogP contribution in [0.4, 0.5) is 0 Å². The lowest BCUT2D eigenvalue weighted by Gasteiger charge is -2.20. The van der Waals surface area contributed by atoms with Gasteiger partial charge in [0.2, 0.25) is 0 Å². The maximum absolute atomic E-state index is 12.5. The van der Waals surface area contributed by atoms with Crippen LogP contribution in [-0.2, 0) is 27.9 Å². The molecule has 8 nitrogen and oxygen atoms in total. The highest BCUT2D eigenvalue weighted by atomic mass is 31.2. The molecule has 0 aromatic heterocycles. The topological polar surface area (TPSA) is 117 Å². The van der Waals surface area contributed by atoms with Gasteiger partial charge in [-0.2, -0.15) is 0 Å². The molecule has 0 rings (SSSR count). The molecule has 0 aromatic carbocycles. The van der Waals surface area contributed by atoms with Crippen molar-refractivity contribution in [2.24, 2.45) is 5.73 Å². The van der Waals surface area contributed by atoms with Crippen molar-refractivity contribution in [2.75, 3.05) is 33.0 Å². The number of phosphoric ester groups is 1. The molecule has 0 aliphatic heterocycles. The van der Waals surface area contributed by atoms with Crippen LogP contribution in [0.1, 0.15) is 206 Å². The zero-order valence-electron chi connectivity index (χ0n) is 31.7. The number of esters is 1. The van der Waals surface area contributed by atoms with Crippen LogP contribution in [0, 0.1) is 0 Å². The van der Waals surface area contributed by atoms with Gasteiger partial charge in [-0.15, -0.1) is 0 Å². The first-order valence-corrected chi connectivity index (χ1v) is 22.0. The van der Waals surface area contributed by atoms with Crippen LogP contribution in [0.2, 0.25) is 0 Å². The number of unbranched alkanes of at least 4 members (excludes halogenated alkanes) is 27. The van der Waals surface area contributed by atoms with Gasteiger partial charge in [0.25, 0.3) is 0 Å². The van der Waals surface area contributed by atoms with Gasteiger partial charge < -0.3 is 20.1 Å². The molecule has 0 saturated heterocycles. The number of rotatable bonds is 40. The van der Waals surface area contributed by atoms with Crippen molar-refractivity contribution in [3.63, 3.8) is 0 Å². The second kappa shape index (κ2) is 37.7. The minimum Gasteiger partial charge on any atom is -0.457 e. The van der Waals surface area contributed by atoms with E-state index in [0.29, 0.717) is 13.0 Å². The largest absolute Gasteiger partial charge is 0.472 e. The number of hydrogen-bond acceptors (Lipinski definition) is 7. The van der Waals surface area contributed by atoms with Gasteiger partial charge in [0.15, 0.2) is 0 Å². The first-order valence-electron chi connectivity index (χ1n) is 20.5. The predicted molar refractivity (Wildman–Crippen MR) is 201 cm³/mol. The summed E-state index contributed by atoms with van der Waals surface area (Å²) in [6.45, 7) is 4.97. The predicted octanol–water partition coefficient (Wildman–Crippen LogP) is 11.7. The van der Waals surface area contributed by atoms with Crippen LogP contribution < -0.4 is 5.73 Å². The van der Waals surface area contributed by atoms with Crippen molar-refractivity contribution in [2.45, 2.75) is 213 Å². The summed E-state index contributed by atoms with van der Waals surface area (Å²) in [5.41, 5.74) is 5.36. The maximum atomic E-state index is 12.5. The Morgan fingerprint density at radius 1 is 0.542 bits per heavy atom. The SMILES string of the molecule is CCCCCCCCCCCCCCCCCCOCC(COP(=O)(O)OCCN)OC(=O)CCCCCCCCCCCCCCC. The van der Waals surface area contributed by atoms with Crippen molar-refractivity contribution < 1.29 is 32.8 Å². The molecule has 0 bridgehead atoms. The molecular formula is C39H80NO7P. The molecule has 0 fully saturated rings. The number of carbonyl (C=O) groups is 1. The van der Waals surface area contributed by atoms with Gasteiger partial charge in [-0.1, -0.05) is 187 Å². The number of ether oxygens (including phenoxy) is 2. The third-order valence-corrected chi connectivity index (χ3v) is 10.0. The van der Waals surface area contributed by atoms with Crippen molar-refractivity contribution in [1.29, 1.82) is 0 Å². The summed E-state index contributed by atoms with van der Waals surface area (Å²) in [6.07, 6.45) is 36.8. The third kappa shape index (κ3) is 36.8. The summed E-state index contributed by atoms with van der Waals surface area (Å²) in [7, 11) is -4.26. The molecule has 288 valence electrons. The van der Waals surface area contributed by atoms with E-state index in [-0.39, 0.29) is 32.3 Å². The Bertz CT molecular complexity index is 712. The number of nitrogens with two attached hydrogens (primary N) is 1. The molecule has 2 unspecified atom stereocenters. The molecule has 0 aromatic rings. The third-order valence-electron chi connectivity index (χ3n) is 9.02. The molecule has 9 heteroatoms. The lowest BCUT2D eigenvalue weighted by molar-refractivity contribution is -0.154. The Morgan fingerprint density at radius 3 is 1.31 bits per heavy atom. The van der Waals surface area contributed by atoms with Gasteiger partial charge in [-0.3, -0.25) is 13.8 Å². The molecule has 48 heavy (non-hydrogen) atoms. The Balaban J connectivity index is 4.00. The maximum Gasteiger partial charge on any atom is 0.472 e. The molecule has 3 N–H and O–H groups in total. The fraction of sp³-hybridized carbons (Fsp3) is 0.974. The first kappa shape index (κ1) is 47.5. The van der Waals surface area contributed by atoms with E-state index < -0.39 is 13.9 Å². The Hall–Kier alpha value is -0.500. The summed E-state index contributed by atoms with van der Waals surface area (Å²) in [6, 6.07) is 0. The normalized spacial score (nSPS) is 13.5. The second-order valence-electron chi connectivity index (χ2n) is 13.9. The Kier molecular flexibility index (Phi) is 37.4. The fourth-order valence-electron chi connectivity index (χ4n) is 6.00. The summed E-state index contributed by atoms with van der Waals surface area (Å²) < 4.78 is 33.4. The van der Waals surface area contributed by atoms with Crippen molar-refractivity contribution in [1.82, 2.24) is 0 Å². The second-order valence-corrected chi connectivity index (χ2v) is 15.3. The molecular weight excluding hydrogens is 625 g/mol. The summed E-state index contributed by atoms with van der Waals surface area (Å²) in [5.74, 6) is -0.326. The smallest absolute Gasteiger partial charge is 0.457 e. The highest BCUT2D eigenvalue weighted by Crippen LogP contribution is 2.43. The Morgan fingerprint density at radius 2 is 0.917 bits per heavy atom. The monoisotopic (exact) mass is 706 g/mol. The van der Waals surface area contributed by atoms with Crippen LogP contribution in [0.5, 0.6) is 0 Å². The lowest BCUT2D eigenvalue weighted by Crippen LogP contribution is -2.28. The zero-order chi connectivity index (χ0) is 35.2. The van der Waals surface area contributed by atoms with E-state index in [9.17, 15) is 14.3 Å². The van der Waals surface area contributed by atoms with Gasteiger partial charge in [0, 0.05) is 19.6 Å². The van der Waals surface area contributed by atoms with Crippen molar-refractivity contribution >= 4 is 13.8 Å². The van der Waals surface area contributed by atoms with Crippen LogP contribution in [0.25, 0.3) is 0 Å². The van der Waals surface area contributed by atoms with E-state index in [2.05, 4.69) is 13.8 Å². The average molecular weight is 706 g/mol.